The molecular weight excluding hydrogens is 365 g/mol. The van der Waals surface area contributed by atoms with Crippen molar-refractivity contribution in [3.05, 3.63) is 57.8 Å². The molecule has 2 aromatic heterocycles. The summed E-state index contributed by atoms with van der Waals surface area (Å²) in [6.07, 6.45) is -3.56. The minimum atomic E-state index is -4.68. The molecule has 1 N–H and O–H groups in total. The third kappa shape index (κ3) is 3.41. The van der Waals surface area contributed by atoms with E-state index in [2.05, 4.69) is 15.3 Å². The molecule has 0 aliphatic heterocycles. The number of furan rings is 1. The van der Waals surface area contributed by atoms with Gasteiger partial charge in [0.05, 0.1) is 6.21 Å². The van der Waals surface area contributed by atoms with Gasteiger partial charge in [-0.2, -0.15) is 22.9 Å². The highest BCUT2D eigenvalue weighted by Crippen LogP contribution is 2.27. The SMILES string of the molecule is FC(F)(F)c1n[nH]c(=S)n1/N=C\c1ccc(-c2cccc(Cl)c2)o1. The van der Waals surface area contributed by atoms with Gasteiger partial charge in [0, 0.05) is 10.6 Å². The van der Waals surface area contributed by atoms with Gasteiger partial charge in [0.2, 0.25) is 4.77 Å². The van der Waals surface area contributed by atoms with E-state index in [1.165, 1.54) is 0 Å². The van der Waals surface area contributed by atoms with Crippen LogP contribution in [0, 0.1) is 4.77 Å². The first-order valence-corrected chi connectivity index (χ1v) is 7.28. The van der Waals surface area contributed by atoms with Crippen molar-refractivity contribution in [1.29, 1.82) is 0 Å². The molecule has 0 aliphatic rings. The average molecular weight is 373 g/mol. The Morgan fingerprint density at radius 2 is 2.08 bits per heavy atom. The summed E-state index contributed by atoms with van der Waals surface area (Å²) >= 11 is 10.6. The number of aromatic nitrogens is 3. The van der Waals surface area contributed by atoms with Crippen LogP contribution in [0.3, 0.4) is 0 Å². The molecule has 10 heteroatoms. The molecule has 2 heterocycles. The fourth-order valence-electron chi connectivity index (χ4n) is 1.92. The van der Waals surface area contributed by atoms with Crippen molar-refractivity contribution in [2.24, 2.45) is 5.10 Å². The van der Waals surface area contributed by atoms with Crippen LogP contribution in [-0.2, 0) is 6.18 Å². The van der Waals surface area contributed by atoms with Crippen LogP contribution in [0.5, 0.6) is 0 Å². The molecule has 0 radical (unpaired) electrons. The number of H-pyrrole nitrogens is 1. The molecule has 0 bridgehead atoms. The van der Waals surface area contributed by atoms with E-state index in [9.17, 15) is 13.2 Å². The Morgan fingerprint density at radius 1 is 1.29 bits per heavy atom. The van der Waals surface area contributed by atoms with E-state index in [1.54, 1.807) is 36.4 Å². The largest absolute Gasteiger partial charge is 0.455 e. The van der Waals surface area contributed by atoms with Gasteiger partial charge in [0.25, 0.3) is 5.82 Å². The van der Waals surface area contributed by atoms with Crippen molar-refractivity contribution in [3.8, 4) is 11.3 Å². The number of hydrogen-bond donors (Lipinski definition) is 1. The Hall–Kier alpha value is -2.39. The van der Waals surface area contributed by atoms with E-state index < -0.39 is 12.0 Å². The van der Waals surface area contributed by atoms with Crippen LogP contribution in [0.4, 0.5) is 13.2 Å². The van der Waals surface area contributed by atoms with Crippen LogP contribution in [0.25, 0.3) is 11.3 Å². The average Bonchev–Trinajstić information content (AvgIpc) is 3.11. The maximum Gasteiger partial charge on any atom is 0.453 e. The number of hydrogen-bond acceptors (Lipinski definition) is 4. The van der Waals surface area contributed by atoms with Gasteiger partial charge < -0.3 is 4.42 Å². The Bertz CT molecular complexity index is 957. The first-order valence-electron chi connectivity index (χ1n) is 6.49. The van der Waals surface area contributed by atoms with Crippen molar-refractivity contribution in [2.75, 3.05) is 0 Å². The lowest BCUT2D eigenvalue weighted by atomic mass is 10.2. The summed E-state index contributed by atoms with van der Waals surface area (Å²) in [7, 11) is 0. The number of halogens is 4. The lowest BCUT2D eigenvalue weighted by Gasteiger charge is -2.03. The second-order valence-electron chi connectivity index (χ2n) is 4.62. The Balaban J connectivity index is 1.90. The standard InChI is InChI=1S/C14H8ClF3N4OS/c15-9-3-1-2-8(6-9)11-5-4-10(23-11)7-19-22-12(14(16,17)18)20-21-13(22)24/h1-7H,(H,21,24)/b19-7-. The van der Waals surface area contributed by atoms with Gasteiger partial charge in [-0.25, -0.2) is 5.10 Å². The first kappa shape index (κ1) is 16.5. The van der Waals surface area contributed by atoms with Gasteiger partial charge >= 0.3 is 6.18 Å². The highest BCUT2D eigenvalue weighted by molar-refractivity contribution is 7.71. The maximum atomic E-state index is 12.8. The van der Waals surface area contributed by atoms with Gasteiger partial charge in [-0.3, -0.25) is 0 Å². The highest BCUT2D eigenvalue weighted by atomic mass is 35.5. The molecule has 0 unspecified atom stereocenters. The summed E-state index contributed by atoms with van der Waals surface area (Å²) in [4.78, 5) is 0. The van der Waals surface area contributed by atoms with Crippen molar-refractivity contribution in [2.45, 2.75) is 6.18 Å². The van der Waals surface area contributed by atoms with E-state index >= 15 is 0 Å². The van der Waals surface area contributed by atoms with Crippen LogP contribution < -0.4 is 0 Å². The number of rotatable bonds is 3. The number of nitrogens with one attached hydrogen (secondary N) is 1. The topological polar surface area (TPSA) is 59.1 Å². The monoisotopic (exact) mass is 372 g/mol. The number of alkyl halides is 3. The second kappa shape index (κ2) is 6.25. The summed E-state index contributed by atoms with van der Waals surface area (Å²) in [5.74, 6) is -0.489. The van der Waals surface area contributed by atoms with Crippen molar-refractivity contribution in [1.82, 2.24) is 14.9 Å². The number of aromatic amines is 1. The van der Waals surface area contributed by atoms with Gasteiger partial charge in [-0.1, -0.05) is 23.7 Å². The molecule has 0 atom stereocenters. The molecule has 3 rings (SSSR count). The Morgan fingerprint density at radius 3 is 2.79 bits per heavy atom. The fourth-order valence-corrected chi connectivity index (χ4v) is 2.29. The zero-order valence-electron chi connectivity index (χ0n) is 11.7. The Labute approximate surface area is 143 Å². The van der Waals surface area contributed by atoms with Gasteiger partial charge in [-0.05, 0) is 36.5 Å². The summed E-state index contributed by atoms with van der Waals surface area (Å²) in [5.41, 5.74) is 0.734. The molecule has 1 aromatic carbocycles. The molecule has 0 saturated heterocycles. The van der Waals surface area contributed by atoms with Crippen LogP contribution in [-0.4, -0.2) is 21.1 Å². The maximum absolute atomic E-state index is 12.8. The molecule has 0 aliphatic carbocycles. The minimum Gasteiger partial charge on any atom is -0.455 e. The normalized spacial score (nSPS) is 12.2. The first-order chi connectivity index (χ1) is 11.3. The quantitative estimate of drug-likeness (QED) is 0.533. The van der Waals surface area contributed by atoms with Gasteiger partial charge in [0.1, 0.15) is 11.5 Å². The lowest BCUT2D eigenvalue weighted by molar-refractivity contribution is -0.147. The third-order valence-electron chi connectivity index (χ3n) is 2.94. The molecule has 5 nitrogen and oxygen atoms in total. The van der Waals surface area contributed by atoms with E-state index in [-0.39, 0.29) is 10.5 Å². The van der Waals surface area contributed by atoms with Gasteiger partial charge in [-0.15, -0.1) is 5.10 Å². The van der Waals surface area contributed by atoms with Gasteiger partial charge in [0.15, 0.2) is 0 Å². The predicted octanol–water partition coefficient (Wildman–Crippen LogP) is 4.76. The number of benzene rings is 1. The third-order valence-corrected chi connectivity index (χ3v) is 3.44. The second-order valence-corrected chi connectivity index (χ2v) is 5.44. The zero-order chi connectivity index (χ0) is 17.3. The summed E-state index contributed by atoms with van der Waals surface area (Å²) in [6.45, 7) is 0. The van der Waals surface area contributed by atoms with Crippen molar-refractivity contribution in [3.63, 3.8) is 0 Å². The predicted molar refractivity (Wildman–Crippen MR) is 84.6 cm³/mol. The molecule has 124 valence electrons. The van der Waals surface area contributed by atoms with E-state index in [1.807, 2.05) is 0 Å². The molecule has 0 saturated carbocycles. The van der Waals surface area contributed by atoms with Crippen LogP contribution >= 0.6 is 23.8 Å². The lowest BCUT2D eigenvalue weighted by Crippen LogP contribution is -2.12. The van der Waals surface area contributed by atoms with Crippen LogP contribution in [0.2, 0.25) is 5.02 Å². The van der Waals surface area contributed by atoms with E-state index in [0.29, 0.717) is 15.5 Å². The zero-order valence-corrected chi connectivity index (χ0v) is 13.3. The molecule has 3 aromatic rings. The highest BCUT2D eigenvalue weighted by Gasteiger charge is 2.37. The molecule has 0 fully saturated rings. The van der Waals surface area contributed by atoms with Crippen molar-refractivity contribution < 1.29 is 17.6 Å². The fraction of sp³-hybridized carbons (Fsp3) is 0.0714. The summed E-state index contributed by atoms with van der Waals surface area (Å²) in [5, 5.41) is 9.40. The summed E-state index contributed by atoms with van der Waals surface area (Å²) < 4.78 is 44.1. The Kier molecular flexibility index (Phi) is 4.29. The molecule has 24 heavy (non-hydrogen) atoms. The van der Waals surface area contributed by atoms with Crippen molar-refractivity contribution >= 4 is 30.0 Å². The molecule has 0 amide bonds. The summed E-state index contributed by atoms with van der Waals surface area (Å²) in [6, 6.07) is 10.2. The van der Waals surface area contributed by atoms with E-state index in [4.69, 9.17) is 28.2 Å². The minimum absolute atomic E-state index is 0.251. The number of nitrogens with zero attached hydrogens (tertiary/aromatic N) is 3. The van der Waals surface area contributed by atoms with Crippen LogP contribution in [0.1, 0.15) is 11.6 Å². The smallest absolute Gasteiger partial charge is 0.453 e. The van der Waals surface area contributed by atoms with E-state index in [0.717, 1.165) is 11.8 Å². The molecular formula is C14H8ClF3N4OS. The molecule has 0 spiro atoms. The van der Waals surface area contributed by atoms with Crippen LogP contribution in [0.15, 0.2) is 45.9 Å².